The van der Waals surface area contributed by atoms with Gasteiger partial charge in [-0.2, -0.15) is 0 Å². The number of hydrogen-bond donors (Lipinski definition) is 1. The third kappa shape index (κ3) is 2.82. The number of aryl methyl sites for hydroxylation is 1. The number of aromatic nitrogens is 1. The van der Waals surface area contributed by atoms with E-state index in [2.05, 4.69) is 32.0 Å². The normalized spacial score (nSPS) is 11.3. The number of ether oxygens (including phenoxy) is 1. The van der Waals surface area contributed by atoms with Gasteiger partial charge in [0, 0.05) is 19.8 Å². The van der Waals surface area contributed by atoms with E-state index in [1.165, 1.54) is 23.9 Å². The number of carbonyl (C=O) groups excluding carboxylic acids is 1. The standard InChI is InChI=1S/C10H13BrN2O4S/c1-4-5-12-18(15,16)7-6-13(2)9(8(7)11)10(14)17-3/h4,6,12H,1,5H2,2-3H3. The average molecular weight is 337 g/mol. The number of methoxy groups -OCH3 is 1. The summed E-state index contributed by atoms with van der Waals surface area (Å²) >= 11 is 3.10. The lowest BCUT2D eigenvalue weighted by molar-refractivity contribution is 0.0589. The van der Waals surface area contributed by atoms with Gasteiger partial charge in [-0.15, -0.1) is 6.58 Å². The number of carbonyl (C=O) groups is 1. The Bertz CT molecular complexity index is 577. The highest BCUT2D eigenvalue weighted by atomic mass is 79.9. The summed E-state index contributed by atoms with van der Waals surface area (Å²) in [6, 6.07) is 0. The number of halogens is 1. The van der Waals surface area contributed by atoms with Crippen LogP contribution in [0.3, 0.4) is 0 Å². The highest BCUT2D eigenvalue weighted by molar-refractivity contribution is 9.10. The number of nitrogens with zero attached hydrogens (tertiary/aromatic N) is 1. The SMILES string of the molecule is C=CCNS(=O)(=O)c1cn(C)c(C(=O)OC)c1Br. The number of sulfonamides is 1. The van der Waals surface area contributed by atoms with Crippen molar-refractivity contribution in [2.24, 2.45) is 7.05 Å². The molecule has 0 amide bonds. The summed E-state index contributed by atoms with van der Waals surface area (Å²) < 4.78 is 32.3. The second kappa shape index (κ2) is 5.68. The van der Waals surface area contributed by atoms with Crippen LogP contribution >= 0.6 is 15.9 Å². The third-order valence-electron chi connectivity index (χ3n) is 2.17. The Morgan fingerprint density at radius 1 is 1.67 bits per heavy atom. The zero-order valence-electron chi connectivity index (χ0n) is 9.94. The Balaban J connectivity index is 3.28. The molecule has 8 heteroatoms. The molecule has 0 aliphatic rings. The molecule has 0 aliphatic carbocycles. The number of rotatable bonds is 5. The molecule has 1 aromatic rings. The molecule has 1 aromatic heterocycles. The highest BCUT2D eigenvalue weighted by Crippen LogP contribution is 2.27. The van der Waals surface area contributed by atoms with E-state index in [9.17, 15) is 13.2 Å². The second-order valence-electron chi connectivity index (χ2n) is 3.40. The predicted octanol–water partition coefficient (Wildman–Crippen LogP) is 1.04. The molecule has 0 unspecified atom stereocenters. The van der Waals surface area contributed by atoms with Crippen molar-refractivity contribution in [3.8, 4) is 0 Å². The van der Waals surface area contributed by atoms with E-state index in [1.807, 2.05) is 0 Å². The molecule has 18 heavy (non-hydrogen) atoms. The van der Waals surface area contributed by atoms with Crippen LogP contribution in [0.25, 0.3) is 0 Å². The van der Waals surface area contributed by atoms with Crippen molar-refractivity contribution < 1.29 is 17.9 Å². The lowest BCUT2D eigenvalue weighted by atomic mass is 10.4. The zero-order valence-corrected chi connectivity index (χ0v) is 12.3. The molecular weight excluding hydrogens is 324 g/mol. The summed E-state index contributed by atoms with van der Waals surface area (Å²) in [4.78, 5) is 11.5. The fourth-order valence-electron chi connectivity index (χ4n) is 1.33. The van der Waals surface area contributed by atoms with Gasteiger partial charge >= 0.3 is 5.97 Å². The molecule has 0 aromatic carbocycles. The first kappa shape index (κ1) is 14.9. The quantitative estimate of drug-likeness (QED) is 0.643. The first-order valence-corrected chi connectivity index (χ1v) is 7.16. The summed E-state index contributed by atoms with van der Waals surface area (Å²) in [6.45, 7) is 3.53. The molecule has 0 spiro atoms. The minimum atomic E-state index is -3.69. The van der Waals surface area contributed by atoms with Crippen LogP contribution in [-0.2, 0) is 21.8 Å². The van der Waals surface area contributed by atoms with Crippen molar-refractivity contribution in [2.45, 2.75) is 4.90 Å². The van der Waals surface area contributed by atoms with Crippen molar-refractivity contribution in [2.75, 3.05) is 13.7 Å². The molecular formula is C10H13BrN2O4S. The monoisotopic (exact) mass is 336 g/mol. The Morgan fingerprint density at radius 3 is 2.78 bits per heavy atom. The second-order valence-corrected chi connectivity index (χ2v) is 5.93. The number of hydrogen-bond acceptors (Lipinski definition) is 4. The van der Waals surface area contributed by atoms with Gasteiger partial charge in [0.05, 0.1) is 11.6 Å². The summed E-state index contributed by atoms with van der Waals surface area (Å²) in [5.41, 5.74) is 0.136. The molecule has 0 saturated carbocycles. The van der Waals surface area contributed by atoms with Gasteiger partial charge in [-0.1, -0.05) is 6.08 Å². The molecule has 6 nitrogen and oxygen atoms in total. The molecule has 0 atom stereocenters. The zero-order chi connectivity index (χ0) is 13.9. The Morgan fingerprint density at radius 2 is 2.28 bits per heavy atom. The van der Waals surface area contributed by atoms with E-state index in [1.54, 1.807) is 7.05 Å². The van der Waals surface area contributed by atoms with Gasteiger partial charge in [-0.05, 0) is 15.9 Å². The van der Waals surface area contributed by atoms with Gasteiger partial charge in [0.15, 0.2) is 0 Å². The summed E-state index contributed by atoms with van der Waals surface area (Å²) in [5.74, 6) is -0.616. The van der Waals surface area contributed by atoms with Crippen molar-refractivity contribution >= 4 is 31.9 Å². The number of nitrogens with one attached hydrogen (secondary N) is 1. The average Bonchev–Trinajstić information content (AvgIpc) is 2.62. The summed E-state index contributed by atoms with van der Waals surface area (Å²) in [7, 11) is -0.906. The van der Waals surface area contributed by atoms with Gasteiger partial charge in [-0.25, -0.2) is 17.9 Å². The summed E-state index contributed by atoms with van der Waals surface area (Å²) in [5, 5.41) is 0. The van der Waals surface area contributed by atoms with E-state index >= 15 is 0 Å². The Hall–Kier alpha value is -1.12. The minimum Gasteiger partial charge on any atom is -0.464 e. The fraction of sp³-hybridized carbons (Fsp3) is 0.300. The van der Waals surface area contributed by atoms with Crippen molar-refractivity contribution in [1.82, 2.24) is 9.29 Å². The van der Waals surface area contributed by atoms with Gasteiger partial charge < -0.3 is 9.30 Å². The third-order valence-corrected chi connectivity index (χ3v) is 4.67. The van der Waals surface area contributed by atoms with Crippen molar-refractivity contribution in [3.05, 3.63) is 29.0 Å². The molecule has 0 bridgehead atoms. The first-order chi connectivity index (χ1) is 8.35. The van der Waals surface area contributed by atoms with Gasteiger partial charge in [0.2, 0.25) is 10.0 Å². The van der Waals surface area contributed by atoms with Gasteiger partial charge in [0.1, 0.15) is 10.6 Å². The van der Waals surface area contributed by atoms with Crippen molar-refractivity contribution in [3.63, 3.8) is 0 Å². The maximum Gasteiger partial charge on any atom is 0.355 e. The molecule has 0 saturated heterocycles. The molecule has 0 fully saturated rings. The fourth-order valence-corrected chi connectivity index (χ4v) is 3.64. The van der Waals surface area contributed by atoms with Gasteiger partial charge in [0.25, 0.3) is 0 Å². The molecule has 1 heterocycles. The van der Waals surface area contributed by atoms with E-state index in [-0.39, 0.29) is 21.6 Å². The number of esters is 1. The maximum absolute atomic E-state index is 11.9. The van der Waals surface area contributed by atoms with Crippen LogP contribution in [0.5, 0.6) is 0 Å². The Kier molecular flexibility index (Phi) is 4.71. The topological polar surface area (TPSA) is 77.4 Å². The highest BCUT2D eigenvalue weighted by Gasteiger charge is 2.26. The molecule has 0 aliphatic heterocycles. The Labute approximate surface area is 114 Å². The maximum atomic E-state index is 11.9. The van der Waals surface area contributed by atoms with E-state index in [0.717, 1.165) is 0 Å². The van der Waals surface area contributed by atoms with Crippen LogP contribution in [-0.4, -0.2) is 32.6 Å². The van der Waals surface area contributed by atoms with Crippen LogP contribution in [0.15, 0.2) is 28.2 Å². The first-order valence-electron chi connectivity index (χ1n) is 4.88. The van der Waals surface area contributed by atoms with Gasteiger partial charge in [-0.3, -0.25) is 0 Å². The lowest BCUT2D eigenvalue weighted by Crippen LogP contribution is -2.23. The van der Waals surface area contributed by atoms with Crippen molar-refractivity contribution in [1.29, 1.82) is 0 Å². The minimum absolute atomic E-state index is 0.0211. The molecule has 100 valence electrons. The van der Waals surface area contributed by atoms with Crippen LogP contribution in [0.2, 0.25) is 0 Å². The van der Waals surface area contributed by atoms with Crippen LogP contribution in [0.4, 0.5) is 0 Å². The van der Waals surface area contributed by atoms with Crippen LogP contribution in [0.1, 0.15) is 10.5 Å². The van der Waals surface area contributed by atoms with Crippen LogP contribution < -0.4 is 4.72 Å². The largest absolute Gasteiger partial charge is 0.464 e. The molecule has 0 radical (unpaired) electrons. The molecule has 1 rings (SSSR count). The lowest BCUT2D eigenvalue weighted by Gasteiger charge is -2.03. The van der Waals surface area contributed by atoms with E-state index in [0.29, 0.717) is 0 Å². The van der Waals surface area contributed by atoms with E-state index in [4.69, 9.17) is 0 Å². The predicted molar refractivity (Wildman–Crippen MR) is 69.8 cm³/mol. The smallest absolute Gasteiger partial charge is 0.355 e. The van der Waals surface area contributed by atoms with E-state index < -0.39 is 16.0 Å². The van der Waals surface area contributed by atoms with Crippen LogP contribution in [0, 0.1) is 0 Å². The summed E-state index contributed by atoms with van der Waals surface area (Å²) in [6.07, 6.45) is 2.76. The molecule has 1 N–H and O–H groups in total.